The average molecular weight is 423 g/mol. The van der Waals surface area contributed by atoms with Crippen molar-refractivity contribution in [3.05, 3.63) is 93.8 Å². The average Bonchev–Trinajstić information content (AvgIpc) is 2.75. The van der Waals surface area contributed by atoms with Crippen LogP contribution in [0.1, 0.15) is 15.9 Å². The lowest BCUT2D eigenvalue weighted by Crippen LogP contribution is -2.31. The molecule has 31 heavy (non-hydrogen) atoms. The van der Waals surface area contributed by atoms with Gasteiger partial charge in [-0.25, -0.2) is 13.6 Å². The zero-order valence-corrected chi connectivity index (χ0v) is 16.0. The summed E-state index contributed by atoms with van der Waals surface area (Å²) < 4.78 is 37.0. The number of benzene rings is 3. The molecular weight excluding hydrogens is 408 g/mol. The number of hydrogen-bond acceptors (Lipinski definition) is 5. The number of fused-ring (bicyclic) bond motifs is 3. The molecule has 0 saturated heterocycles. The molecule has 0 atom stereocenters. The van der Waals surface area contributed by atoms with Crippen LogP contribution < -0.4 is 10.9 Å². The molecule has 8 heteroatoms. The quantitative estimate of drug-likeness (QED) is 0.301. The normalized spacial score (nSPS) is 10.9. The molecule has 4 rings (SSSR count). The molecule has 4 aromatic rings. The van der Waals surface area contributed by atoms with Gasteiger partial charge in [-0.3, -0.25) is 9.59 Å². The number of esters is 1. The summed E-state index contributed by atoms with van der Waals surface area (Å²) in [5.41, 5.74) is -0.175. The Labute approximate surface area is 174 Å². The van der Waals surface area contributed by atoms with Crippen LogP contribution in [0.5, 0.6) is 0 Å². The molecule has 0 aliphatic rings. The van der Waals surface area contributed by atoms with Gasteiger partial charge >= 0.3 is 11.6 Å². The minimum atomic E-state index is -1.04. The van der Waals surface area contributed by atoms with E-state index in [1.807, 2.05) is 30.3 Å². The number of halogens is 2. The smallest absolute Gasteiger partial charge is 0.336 e. The summed E-state index contributed by atoms with van der Waals surface area (Å²) in [7, 11) is 0. The topological polar surface area (TPSA) is 85.6 Å². The monoisotopic (exact) mass is 423 g/mol. The van der Waals surface area contributed by atoms with E-state index in [1.165, 1.54) is 6.07 Å². The van der Waals surface area contributed by atoms with E-state index in [0.29, 0.717) is 22.6 Å². The van der Waals surface area contributed by atoms with E-state index >= 15 is 0 Å². The van der Waals surface area contributed by atoms with Gasteiger partial charge in [-0.1, -0.05) is 30.3 Å². The molecule has 3 aromatic carbocycles. The zero-order valence-electron chi connectivity index (χ0n) is 16.0. The van der Waals surface area contributed by atoms with Crippen molar-refractivity contribution in [2.75, 3.05) is 6.54 Å². The van der Waals surface area contributed by atoms with Gasteiger partial charge in [0.05, 0.1) is 5.56 Å². The summed E-state index contributed by atoms with van der Waals surface area (Å²) in [5, 5.41) is 4.61. The first-order valence-corrected chi connectivity index (χ1v) is 9.26. The minimum absolute atomic E-state index is 0.226. The molecule has 0 bridgehead atoms. The number of carbonyl (C=O) groups excluding carboxylic acids is 2. The molecule has 0 aliphatic carbocycles. The van der Waals surface area contributed by atoms with Gasteiger partial charge in [0.1, 0.15) is 30.4 Å². The van der Waals surface area contributed by atoms with Crippen LogP contribution in [0.2, 0.25) is 0 Å². The Balaban J connectivity index is 1.49. The van der Waals surface area contributed by atoms with Crippen LogP contribution >= 0.6 is 0 Å². The largest absolute Gasteiger partial charge is 0.459 e. The third-order valence-corrected chi connectivity index (χ3v) is 4.67. The maximum absolute atomic E-state index is 13.7. The minimum Gasteiger partial charge on any atom is -0.459 e. The summed E-state index contributed by atoms with van der Waals surface area (Å²) in [5.74, 6) is -3.54. The first kappa shape index (κ1) is 20.2. The van der Waals surface area contributed by atoms with Crippen LogP contribution in [0.3, 0.4) is 0 Å². The second kappa shape index (κ2) is 8.35. The van der Waals surface area contributed by atoms with E-state index in [2.05, 4.69) is 5.32 Å². The van der Waals surface area contributed by atoms with Crippen molar-refractivity contribution in [3.8, 4) is 0 Å². The standard InChI is InChI=1S/C23H15F2NO5/c24-15-6-7-17(18(25)10-15)23(29)26-11-21(28)30-12-14-9-20(27)31-19-8-5-13-3-1-2-4-16(13)22(14)19/h1-10H,11-12H2,(H,26,29). The highest BCUT2D eigenvalue weighted by atomic mass is 19.1. The predicted molar refractivity (Wildman–Crippen MR) is 108 cm³/mol. The van der Waals surface area contributed by atoms with E-state index in [9.17, 15) is 23.2 Å². The molecule has 0 fully saturated rings. The highest BCUT2D eigenvalue weighted by Gasteiger charge is 2.15. The van der Waals surface area contributed by atoms with Crippen LogP contribution in [-0.4, -0.2) is 18.4 Å². The fourth-order valence-electron chi connectivity index (χ4n) is 3.26. The first-order valence-electron chi connectivity index (χ1n) is 9.26. The Morgan fingerprint density at radius 3 is 2.61 bits per heavy atom. The van der Waals surface area contributed by atoms with Crippen molar-refractivity contribution < 1.29 is 27.5 Å². The summed E-state index contributed by atoms with van der Waals surface area (Å²) in [6.07, 6.45) is 0. The third-order valence-electron chi connectivity index (χ3n) is 4.67. The SMILES string of the molecule is O=C(CNC(=O)c1ccc(F)cc1F)OCc1cc(=O)oc2ccc3ccccc3c12. The molecular formula is C23H15F2NO5. The number of nitrogens with one attached hydrogen (secondary N) is 1. The molecule has 6 nitrogen and oxygen atoms in total. The fourth-order valence-corrected chi connectivity index (χ4v) is 3.26. The number of carbonyl (C=O) groups is 2. The van der Waals surface area contributed by atoms with Crippen molar-refractivity contribution in [1.29, 1.82) is 0 Å². The van der Waals surface area contributed by atoms with Crippen molar-refractivity contribution in [3.63, 3.8) is 0 Å². The fraction of sp³-hybridized carbons (Fsp3) is 0.0870. The summed E-state index contributed by atoms with van der Waals surface area (Å²) in [6, 6.07) is 14.7. The third kappa shape index (κ3) is 4.28. The highest BCUT2D eigenvalue weighted by molar-refractivity contribution is 6.07. The molecule has 1 N–H and O–H groups in total. The molecule has 156 valence electrons. The molecule has 1 aromatic heterocycles. The maximum atomic E-state index is 13.7. The number of amides is 1. The molecule has 0 spiro atoms. The molecule has 0 aliphatic heterocycles. The number of ether oxygens (including phenoxy) is 1. The van der Waals surface area contributed by atoms with Crippen LogP contribution in [0, 0.1) is 11.6 Å². The Hall–Kier alpha value is -4.07. The Kier molecular flexibility index (Phi) is 5.44. The lowest BCUT2D eigenvalue weighted by Gasteiger charge is -2.10. The predicted octanol–water partition coefficient (Wildman–Crippen LogP) is 3.70. The van der Waals surface area contributed by atoms with Gasteiger partial charge in [0.2, 0.25) is 0 Å². The number of rotatable bonds is 5. The molecule has 0 radical (unpaired) electrons. The van der Waals surface area contributed by atoms with Gasteiger partial charge in [0.25, 0.3) is 5.91 Å². The summed E-state index contributed by atoms with van der Waals surface area (Å²) in [4.78, 5) is 36.0. The van der Waals surface area contributed by atoms with E-state index in [0.717, 1.165) is 22.9 Å². The van der Waals surface area contributed by atoms with E-state index < -0.39 is 41.2 Å². The van der Waals surface area contributed by atoms with Gasteiger partial charge in [-0.15, -0.1) is 0 Å². The van der Waals surface area contributed by atoms with E-state index in [4.69, 9.17) is 9.15 Å². The van der Waals surface area contributed by atoms with Gasteiger partial charge in [0.15, 0.2) is 0 Å². The van der Waals surface area contributed by atoms with Gasteiger partial charge in [-0.05, 0) is 29.0 Å². The molecule has 1 amide bonds. The van der Waals surface area contributed by atoms with Crippen LogP contribution in [0.4, 0.5) is 8.78 Å². The van der Waals surface area contributed by atoms with Crippen molar-refractivity contribution in [1.82, 2.24) is 5.32 Å². The zero-order chi connectivity index (χ0) is 22.0. The van der Waals surface area contributed by atoms with Crippen molar-refractivity contribution >= 4 is 33.6 Å². The Morgan fingerprint density at radius 2 is 1.81 bits per heavy atom. The second-order valence-corrected chi connectivity index (χ2v) is 6.72. The van der Waals surface area contributed by atoms with Crippen molar-refractivity contribution in [2.45, 2.75) is 6.61 Å². The lowest BCUT2D eigenvalue weighted by atomic mass is 10.0. The van der Waals surface area contributed by atoms with Crippen LogP contribution in [0.25, 0.3) is 21.7 Å². The maximum Gasteiger partial charge on any atom is 0.336 e. The summed E-state index contributed by atoms with van der Waals surface area (Å²) in [6.45, 7) is -0.758. The Bertz CT molecular complexity index is 1380. The number of hydrogen-bond donors (Lipinski definition) is 1. The van der Waals surface area contributed by atoms with Gasteiger partial charge in [-0.2, -0.15) is 0 Å². The summed E-state index contributed by atoms with van der Waals surface area (Å²) >= 11 is 0. The highest BCUT2D eigenvalue weighted by Crippen LogP contribution is 2.27. The van der Waals surface area contributed by atoms with Gasteiger partial charge < -0.3 is 14.5 Å². The first-order chi connectivity index (χ1) is 14.9. The molecule has 0 unspecified atom stereocenters. The second-order valence-electron chi connectivity index (χ2n) is 6.72. The molecule has 0 saturated carbocycles. The van der Waals surface area contributed by atoms with Crippen LogP contribution in [-0.2, 0) is 16.1 Å². The van der Waals surface area contributed by atoms with E-state index in [1.54, 1.807) is 6.07 Å². The van der Waals surface area contributed by atoms with Crippen molar-refractivity contribution in [2.24, 2.45) is 0 Å². The Morgan fingerprint density at radius 1 is 1.00 bits per heavy atom. The molecule has 1 heterocycles. The van der Waals surface area contributed by atoms with Gasteiger partial charge in [0, 0.05) is 23.1 Å². The lowest BCUT2D eigenvalue weighted by molar-refractivity contribution is -0.143. The van der Waals surface area contributed by atoms with Crippen LogP contribution in [0.15, 0.2) is 69.9 Å². The van der Waals surface area contributed by atoms with E-state index in [-0.39, 0.29) is 6.61 Å².